The minimum absolute atomic E-state index is 0.171. The third-order valence-corrected chi connectivity index (χ3v) is 4.15. The van der Waals surface area contributed by atoms with E-state index in [1.54, 1.807) is 24.3 Å². The van der Waals surface area contributed by atoms with Crippen molar-refractivity contribution >= 4 is 28.9 Å². The third-order valence-electron chi connectivity index (χ3n) is 4.15. The number of aromatic nitrogens is 2. The number of benzene rings is 2. The molecule has 0 saturated heterocycles. The Bertz CT molecular complexity index is 1100. The number of anilines is 2. The lowest BCUT2D eigenvalue weighted by atomic mass is 10.2. The zero-order chi connectivity index (χ0) is 20.4. The van der Waals surface area contributed by atoms with Gasteiger partial charge in [0.2, 0.25) is 18.2 Å². The third kappa shape index (κ3) is 3.74. The Morgan fingerprint density at radius 3 is 2.90 bits per heavy atom. The van der Waals surface area contributed by atoms with Gasteiger partial charge in [0.15, 0.2) is 6.61 Å². The molecule has 1 aliphatic heterocycles. The van der Waals surface area contributed by atoms with Crippen LogP contribution in [0.5, 0.6) is 5.75 Å². The molecule has 2 heterocycles. The lowest BCUT2D eigenvalue weighted by molar-refractivity contribution is -0.384. The van der Waals surface area contributed by atoms with E-state index in [4.69, 9.17) is 9.15 Å². The standard InChI is InChI=1S/C18H13N5O6/c24-16(20-12-3-1-2-11(6-12)18-21-19-10-29-18)8-22-14-7-13(23(26)27)4-5-15(14)28-9-17(22)25/h1-7,10H,8-9H2,(H,20,24). The maximum atomic E-state index is 12.5. The summed E-state index contributed by atoms with van der Waals surface area (Å²) in [6.07, 6.45) is 1.20. The van der Waals surface area contributed by atoms with Crippen molar-refractivity contribution in [3.63, 3.8) is 0 Å². The van der Waals surface area contributed by atoms with Crippen LogP contribution < -0.4 is 15.0 Å². The van der Waals surface area contributed by atoms with Gasteiger partial charge < -0.3 is 14.5 Å². The number of ether oxygens (including phenoxy) is 1. The minimum atomic E-state index is -0.583. The average Bonchev–Trinajstić information content (AvgIpc) is 3.25. The van der Waals surface area contributed by atoms with Gasteiger partial charge in [0.1, 0.15) is 12.3 Å². The van der Waals surface area contributed by atoms with E-state index in [0.717, 1.165) is 4.90 Å². The monoisotopic (exact) mass is 395 g/mol. The summed E-state index contributed by atoms with van der Waals surface area (Å²) in [4.78, 5) is 36.4. The van der Waals surface area contributed by atoms with Crippen LogP contribution in [0.25, 0.3) is 11.5 Å². The smallest absolute Gasteiger partial charge is 0.271 e. The fraction of sp³-hybridized carbons (Fsp3) is 0.111. The van der Waals surface area contributed by atoms with Crippen LogP contribution in [-0.4, -0.2) is 40.1 Å². The van der Waals surface area contributed by atoms with Crippen molar-refractivity contribution < 1.29 is 23.7 Å². The van der Waals surface area contributed by atoms with Crippen LogP contribution in [0, 0.1) is 10.1 Å². The van der Waals surface area contributed by atoms with Crippen LogP contribution in [0.2, 0.25) is 0 Å². The van der Waals surface area contributed by atoms with Crippen molar-refractivity contribution in [2.75, 3.05) is 23.4 Å². The number of hydrogen-bond donors (Lipinski definition) is 1. The number of nitro benzene ring substituents is 1. The van der Waals surface area contributed by atoms with Gasteiger partial charge in [-0.05, 0) is 24.3 Å². The Kier molecular flexibility index (Phi) is 4.61. The molecule has 0 saturated carbocycles. The Morgan fingerprint density at radius 2 is 2.14 bits per heavy atom. The van der Waals surface area contributed by atoms with Gasteiger partial charge in [0, 0.05) is 23.4 Å². The van der Waals surface area contributed by atoms with E-state index in [0.29, 0.717) is 22.9 Å². The summed E-state index contributed by atoms with van der Waals surface area (Å²) in [7, 11) is 0. The normalized spacial score (nSPS) is 12.8. The fourth-order valence-electron chi connectivity index (χ4n) is 2.85. The summed E-state index contributed by atoms with van der Waals surface area (Å²) in [5.41, 5.74) is 1.04. The number of rotatable bonds is 5. The van der Waals surface area contributed by atoms with E-state index in [1.165, 1.54) is 24.6 Å². The Labute approximate surface area is 163 Å². The summed E-state index contributed by atoms with van der Waals surface area (Å²) in [6.45, 7) is -0.591. The molecular formula is C18H13N5O6. The van der Waals surface area contributed by atoms with Crippen LogP contribution in [0.15, 0.2) is 53.3 Å². The van der Waals surface area contributed by atoms with Crippen molar-refractivity contribution in [2.45, 2.75) is 0 Å². The minimum Gasteiger partial charge on any atom is -0.482 e. The first-order valence-corrected chi connectivity index (χ1v) is 8.39. The lowest BCUT2D eigenvalue weighted by Crippen LogP contribution is -2.43. The van der Waals surface area contributed by atoms with Crippen LogP contribution in [0.3, 0.4) is 0 Å². The molecule has 4 rings (SSSR count). The van der Waals surface area contributed by atoms with E-state index in [1.807, 2.05) is 0 Å². The molecule has 3 aromatic rings. The molecule has 1 N–H and O–H groups in total. The number of fused-ring (bicyclic) bond motifs is 1. The maximum Gasteiger partial charge on any atom is 0.271 e. The molecule has 1 aromatic heterocycles. The first-order chi connectivity index (χ1) is 14.0. The summed E-state index contributed by atoms with van der Waals surface area (Å²) in [6, 6.07) is 10.6. The van der Waals surface area contributed by atoms with Gasteiger partial charge in [-0.25, -0.2) is 0 Å². The van der Waals surface area contributed by atoms with Gasteiger partial charge in [0.05, 0.1) is 10.6 Å². The van der Waals surface area contributed by atoms with E-state index in [9.17, 15) is 19.7 Å². The highest BCUT2D eigenvalue weighted by Gasteiger charge is 2.29. The number of nitrogens with one attached hydrogen (secondary N) is 1. The second-order valence-electron chi connectivity index (χ2n) is 6.05. The first-order valence-electron chi connectivity index (χ1n) is 8.39. The van der Waals surface area contributed by atoms with Gasteiger partial charge in [-0.15, -0.1) is 10.2 Å². The molecule has 0 spiro atoms. The van der Waals surface area contributed by atoms with Crippen LogP contribution in [-0.2, 0) is 9.59 Å². The van der Waals surface area contributed by atoms with Gasteiger partial charge in [-0.1, -0.05) is 6.07 Å². The molecule has 2 amide bonds. The fourth-order valence-corrected chi connectivity index (χ4v) is 2.85. The molecule has 0 aliphatic carbocycles. The van der Waals surface area contributed by atoms with Gasteiger partial charge in [0.25, 0.3) is 11.6 Å². The van der Waals surface area contributed by atoms with E-state index in [-0.39, 0.29) is 24.5 Å². The van der Waals surface area contributed by atoms with Crippen molar-refractivity contribution in [2.24, 2.45) is 0 Å². The second-order valence-corrected chi connectivity index (χ2v) is 6.05. The van der Waals surface area contributed by atoms with Crippen LogP contribution in [0.4, 0.5) is 17.1 Å². The SMILES string of the molecule is O=C(CN1C(=O)COc2ccc([N+](=O)[O-])cc21)Nc1cccc(-c2nnco2)c1. The highest BCUT2D eigenvalue weighted by molar-refractivity contribution is 6.05. The maximum absolute atomic E-state index is 12.5. The molecule has 0 bridgehead atoms. The molecule has 0 radical (unpaired) electrons. The Hall–Kier alpha value is -4.28. The van der Waals surface area contributed by atoms with Crippen molar-refractivity contribution in [1.29, 1.82) is 0 Å². The highest BCUT2D eigenvalue weighted by Crippen LogP contribution is 2.35. The summed E-state index contributed by atoms with van der Waals surface area (Å²) < 4.78 is 10.4. The number of non-ortho nitro benzene ring substituents is 1. The largest absolute Gasteiger partial charge is 0.482 e. The molecule has 1 aliphatic rings. The quantitative estimate of drug-likeness (QED) is 0.511. The number of carbonyl (C=O) groups is 2. The molecule has 0 atom stereocenters. The number of nitro groups is 1. The van der Waals surface area contributed by atoms with Gasteiger partial charge in [-0.3, -0.25) is 24.6 Å². The topological polar surface area (TPSA) is 141 Å². The van der Waals surface area contributed by atoms with E-state index in [2.05, 4.69) is 15.5 Å². The Balaban J connectivity index is 1.53. The lowest BCUT2D eigenvalue weighted by Gasteiger charge is -2.28. The average molecular weight is 395 g/mol. The zero-order valence-electron chi connectivity index (χ0n) is 14.8. The van der Waals surface area contributed by atoms with Crippen molar-refractivity contribution in [3.05, 3.63) is 59.0 Å². The number of nitrogens with zero attached hydrogens (tertiary/aromatic N) is 4. The predicted octanol–water partition coefficient (Wildman–Crippen LogP) is 2.01. The molecule has 146 valence electrons. The van der Waals surface area contributed by atoms with Gasteiger partial charge >= 0.3 is 0 Å². The highest BCUT2D eigenvalue weighted by atomic mass is 16.6. The first kappa shape index (κ1) is 18.1. The van der Waals surface area contributed by atoms with E-state index < -0.39 is 16.7 Å². The molecule has 29 heavy (non-hydrogen) atoms. The second kappa shape index (κ2) is 7.38. The molecule has 0 unspecified atom stereocenters. The summed E-state index contributed by atoms with van der Waals surface area (Å²) >= 11 is 0. The van der Waals surface area contributed by atoms with E-state index >= 15 is 0 Å². The van der Waals surface area contributed by atoms with Crippen LogP contribution >= 0.6 is 0 Å². The number of amides is 2. The zero-order valence-corrected chi connectivity index (χ0v) is 14.8. The number of carbonyl (C=O) groups excluding carboxylic acids is 2. The number of hydrogen-bond acceptors (Lipinski definition) is 8. The summed E-state index contributed by atoms with van der Waals surface area (Å²) in [5.74, 6) is -0.375. The molecule has 11 heteroatoms. The molecule has 11 nitrogen and oxygen atoms in total. The molecule has 0 fully saturated rings. The molecular weight excluding hydrogens is 382 g/mol. The van der Waals surface area contributed by atoms with Crippen molar-refractivity contribution in [3.8, 4) is 17.2 Å². The molecule has 2 aromatic carbocycles. The summed E-state index contributed by atoms with van der Waals surface area (Å²) in [5, 5.41) is 21.1. The van der Waals surface area contributed by atoms with Crippen molar-refractivity contribution in [1.82, 2.24) is 10.2 Å². The predicted molar refractivity (Wildman–Crippen MR) is 99.3 cm³/mol. The Morgan fingerprint density at radius 1 is 1.28 bits per heavy atom. The van der Waals surface area contributed by atoms with Gasteiger partial charge in [-0.2, -0.15) is 0 Å². The van der Waals surface area contributed by atoms with Crippen LogP contribution in [0.1, 0.15) is 0 Å².